The number of rotatable bonds is 9. The predicted octanol–water partition coefficient (Wildman–Crippen LogP) is 6.80. The summed E-state index contributed by atoms with van der Waals surface area (Å²) in [5.41, 5.74) is 0. The maximum atomic E-state index is 12.7. The molecule has 1 unspecified atom stereocenters. The summed E-state index contributed by atoms with van der Waals surface area (Å²) < 4.78 is 29.3. The van der Waals surface area contributed by atoms with Crippen molar-refractivity contribution in [1.29, 1.82) is 0 Å². The molecule has 0 aliphatic carbocycles. The van der Waals surface area contributed by atoms with Gasteiger partial charge in [0.25, 0.3) is 0 Å². The van der Waals surface area contributed by atoms with Gasteiger partial charge in [-0.1, -0.05) is 36.7 Å². The molecule has 2 aromatic rings. The summed E-state index contributed by atoms with van der Waals surface area (Å²) in [5.74, 6) is 2.29. The normalized spacial score (nSPS) is 13.3. The minimum Gasteiger partial charge on any atom is -0.457 e. The number of halogens is 1. The zero-order chi connectivity index (χ0) is 17.4. The number of hydrogen-bond acceptors (Lipinski definition) is 5. The van der Waals surface area contributed by atoms with Gasteiger partial charge in [-0.05, 0) is 49.0 Å². The lowest BCUT2D eigenvalue weighted by atomic mass is 10.3. The van der Waals surface area contributed by atoms with Crippen molar-refractivity contribution in [1.82, 2.24) is 0 Å². The summed E-state index contributed by atoms with van der Waals surface area (Å²) in [6.45, 7) is 0.816. The topological polar surface area (TPSA) is 44.8 Å². The SMILES string of the molecule is CCCSP(=O)(OCC)Oc1ccc(Oc2ccccc2)cc1Cl. The third kappa shape index (κ3) is 5.75. The Kier molecular flexibility index (Phi) is 7.50. The smallest absolute Gasteiger partial charge is 0.440 e. The van der Waals surface area contributed by atoms with Crippen LogP contribution in [0.4, 0.5) is 0 Å². The number of ether oxygens (including phenoxy) is 1. The third-order valence-corrected chi connectivity index (χ3v) is 7.07. The van der Waals surface area contributed by atoms with Gasteiger partial charge in [0.15, 0.2) is 0 Å². The molecular formula is C17H20ClO4PS. The molecule has 0 aromatic heterocycles. The fraction of sp³-hybridized carbons (Fsp3) is 0.294. The van der Waals surface area contributed by atoms with Crippen LogP contribution in [0, 0.1) is 0 Å². The molecule has 1 atom stereocenters. The number of para-hydroxylation sites is 1. The Bertz CT molecular complexity index is 696. The Balaban J connectivity index is 2.12. The first kappa shape index (κ1) is 19.2. The Morgan fingerprint density at radius 1 is 1.08 bits per heavy atom. The van der Waals surface area contributed by atoms with Crippen LogP contribution in [-0.2, 0) is 9.09 Å². The molecule has 0 saturated carbocycles. The van der Waals surface area contributed by atoms with Gasteiger partial charge in [-0.3, -0.25) is 4.52 Å². The molecule has 7 heteroatoms. The predicted molar refractivity (Wildman–Crippen MR) is 101 cm³/mol. The third-order valence-electron chi connectivity index (χ3n) is 2.83. The van der Waals surface area contributed by atoms with Gasteiger partial charge in [-0.15, -0.1) is 0 Å². The zero-order valence-electron chi connectivity index (χ0n) is 13.6. The van der Waals surface area contributed by atoms with E-state index in [1.807, 2.05) is 37.3 Å². The lowest BCUT2D eigenvalue weighted by Gasteiger charge is -2.18. The van der Waals surface area contributed by atoms with Crippen LogP contribution in [0.25, 0.3) is 0 Å². The van der Waals surface area contributed by atoms with Crippen molar-refractivity contribution >= 4 is 29.8 Å². The van der Waals surface area contributed by atoms with E-state index in [1.165, 1.54) is 11.4 Å². The first-order valence-electron chi connectivity index (χ1n) is 7.67. The summed E-state index contributed by atoms with van der Waals surface area (Å²) in [5, 5.41) is 0.320. The Morgan fingerprint density at radius 2 is 1.83 bits per heavy atom. The summed E-state index contributed by atoms with van der Waals surface area (Å²) >= 11 is 7.42. The summed E-state index contributed by atoms with van der Waals surface area (Å²) in [6, 6.07) is 14.4. The van der Waals surface area contributed by atoms with Crippen molar-refractivity contribution in [2.24, 2.45) is 0 Å². The van der Waals surface area contributed by atoms with Crippen LogP contribution in [0.1, 0.15) is 20.3 Å². The van der Waals surface area contributed by atoms with Crippen LogP contribution in [0.15, 0.2) is 48.5 Å². The van der Waals surface area contributed by atoms with Crippen molar-refractivity contribution < 1.29 is 18.3 Å². The lowest BCUT2D eigenvalue weighted by Crippen LogP contribution is -1.97. The van der Waals surface area contributed by atoms with Crippen molar-refractivity contribution in [2.75, 3.05) is 12.4 Å². The molecule has 0 heterocycles. The average molecular weight is 387 g/mol. The first-order chi connectivity index (χ1) is 11.6. The van der Waals surface area contributed by atoms with E-state index in [2.05, 4.69) is 0 Å². The van der Waals surface area contributed by atoms with Crippen LogP contribution < -0.4 is 9.26 Å². The van der Waals surface area contributed by atoms with E-state index in [4.69, 9.17) is 25.4 Å². The van der Waals surface area contributed by atoms with Crippen molar-refractivity contribution in [3.63, 3.8) is 0 Å². The molecule has 0 bridgehead atoms. The molecule has 4 nitrogen and oxygen atoms in total. The maximum Gasteiger partial charge on any atom is 0.440 e. The van der Waals surface area contributed by atoms with Gasteiger partial charge in [0, 0.05) is 11.8 Å². The van der Waals surface area contributed by atoms with Crippen LogP contribution in [0.3, 0.4) is 0 Å². The molecule has 0 fully saturated rings. The van der Waals surface area contributed by atoms with E-state index in [1.54, 1.807) is 25.1 Å². The highest BCUT2D eigenvalue weighted by atomic mass is 35.5. The van der Waals surface area contributed by atoms with Crippen molar-refractivity contribution in [2.45, 2.75) is 20.3 Å². The summed E-state index contributed by atoms with van der Waals surface area (Å²) in [7, 11) is 0. The van der Waals surface area contributed by atoms with Gasteiger partial charge in [0.1, 0.15) is 17.2 Å². The zero-order valence-corrected chi connectivity index (χ0v) is 16.1. The quantitative estimate of drug-likeness (QED) is 0.443. The monoisotopic (exact) mass is 386 g/mol. The van der Waals surface area contributed by atoms with Gasteiger partial charge < -0.3 is 9.26 Å². The van der Waals surface area contributed by atoms with Gasteiger partial charge in [-0.2, -0.15) is 0 Å². The summed E-state index contributed by atoms with van der Waals surface area (Å²) in [6.07, 6.45) is 0.878. The van der Waals surface area contributed by atoms with E-state index < -0.39 is 6.80 Å². The molecule has 130 valence electrons. The van der Waals surface area contributed by atoms with E-state index in [9.17, 15) is 4.57 Å². The minimum absolute atomic E-state index is 0.306. The second kappa shape index (κ2) is 9.38. The molecule has 0 amide bonds. The molecule has 0 aliphatic heterocycles. The van der Waals surface area contributed by atoms with Gasteiger partial charge >= 0.3 is 6.80 Å². The highest BCUT2D eigenvalue weighted by Gasteiger charge is 2.27. The molecule has 0 saturated heterocycles. The standard InChI is InChI=1S/C17H20ClO4PS/c1-3-12-24-23(19,20-4-2)22-17-11-10-15(13-16(17)18)21-14-8-6-5-7-9-14/h5-11,13H,3-4,12H2,1-2H3. The molecule has 0 spiro atoms. The van der Waals surface area contributed by atoms with E-state index in [0.29, 0.717) is 34.6 Å². The number of benzene rings is 2. The molecule has 2 rings (SSSR count). The largest absolute Gasteiger partial charge is 0.457 e. The molecule has 0 aliphatic rings. The Morgan fingerprint density at radius 3 is 2.46 bits per heavy atom. The molecule has 0 N–H and O–H groups in total. The average Bonchev–Trinajstić information content (AvgIpc) is 2.57. The lowest BCUT2D eigenvalue weighted by molar-refractivity contribution is 0.296. The van der Waals surface area contributed by atoms with E-state index >= 15 is 0 Å². The minimum atomic E-state index is -3.27. The maximum absolute atomic E-state index is 12.7. The van der Waals surface area contributed by atoms with Gasteiger partial charge in [0.2, 0.25) is 0 Å². The molecule has 0 radical (unpaired) electrons. The van der Waals surface area contributed by atoms with Gasteiger partial charge in [-0.25, -0.2) is 4.57 Å². The highest BCUT2D eigenvalue weighted by Crippen LogP contribution is 2.61. The summed E-state index contributed by atoms with van der Waals surface area (Å²) in [4.78, 5) is 0. The van der Waals surface area contributed by atoms with Crippen molar-refractivity contribution in [3.05, 3.63) is 53.6 Å². The van der Waals surface area contributed by atoms with E-state index in [-0.39, 0.29) is 0 Å². The highest BCUT2D eigenvalue weighted by molar-refractivity contribution is 8.55. The second-order valence-corrected chi connectivity index (χ2v) is 9.32. The molecular weight excluding hydrogens is 367 g/mol. The van der Waals surface area contributed by atoms with Crippen LogP contribution in [0.2, 0.25) is 5.02 Å². The van der Waals surface area contributed by atoms with Crippen molar-refractivity contribution in [3.8, 4) is 17.2 Å². The van der Waals surface area contributed by atoms with E-state index in [0.717, 1.165) is 6.42 Å². The Hall–Kier alpha value is -1.13. The van der Waals surface area contributed by atoms with Crippen LogP contribution in [-0.4, -0.2) is 12.4 Å². The Labute approximate surface area is 151 Å². The van der Waals surface area contributed by atoms with Gasteiger partial charge in [0.05, 0.1) is 11.6 Å². The fourth-order valence-corrected chi connectivity index (χ4v) is 5.54. The molecule has 24 heavy (non-hydrogen) atoms. The fourth-order valence-electron chi connectivity index (χ4n) is 1.82. The first-order valence-corrected chi connectivity index (χ1v) is 11.2. The van der Waals surface area contributed by atoms with Crippen LogP contribution >= 0.6 is 29.8 Å². The second-order valence-electron chi connectivity index (χ2n) is 4.80. The molecule has 2 aromatic carbocycles. The van der Waals surface area contributed by atoms with Crippen LogP contribution in [0.5, 0.6) is 17.2 Å². The number of hydrogen-bond donors (Lipinski definition) is 0.